The number of hydrogen-bond donors (Lipinski definition) is 2. The first-order chi connectivity index (χ1) is 15.4. The summed E-state index contributed by atoms with van der Waals surface area (Å²) < 4.78 is 15.9. The molecule has 2 aromatic carbocycles. The van der Waals surface area contributed by atoms with E-state index in [0.717, 1.165) is 0 Å². The third kappa shape index (κ3) is 3.53. The first-order valence-electron chi connectivity index (χ1n) is 9.56. The molecule has 158 valence electrons. The Labute approximate surface area is 194 Å². The first-order valence-corrected chi connectivity index (χ1v) is 10.9. The van der Waals surface area contributed by atoms with Crippen LogP contribution in [0.15, 0.2) is 53.6 Å². The zero-order valence-corrected chi connectivity index (χ0v) is 19.2. The van der Waals surface area contributed by atoms with E-state index in [1.807, 2.05) is 6.92 Å². The quantitative estimate of drug-likeness (QED) is 0.361. The third-order valence-corrected chi connectivity index (χ3v) is 5.69. The Hall–Kier alpha value is -3.29. The molecule has 0 fully saturated rings. The minimum absolute atomic E-state index is 0.264. The van der Waals surface area contributed by atoms with Crippen molar-refractivity contribution in [1.29, 1.82) is 0 Å². The number of nitrogens with zero attached hydrogens (tertiary/aromatic N) is 5. The summed E-state index contributed by atoms with van der Waals surface area (Å²) in [5.74, 6) is 0.402. The second kappa shape index (κ2) is 8.00. The van der Waals surface area contributed by atoms with Gasteiger partial charge in [0.05, 0.1) is 0 Å². The number of fused-ring (bicyclic) bond motifs is 2. The fraction of sp³-hybridized carbons (Fsp3) is 0.0952. The molecule has 0 saturated carbocycles. The van der Waals surface area contributed by atoms with Gasteiger partial charge in [-0.25, -0.2) is 0 Å². The van der Waals surface area contributed by atoms with Crippen LogP contribution in [0.4, 0.5) is 10.2 Å². The fourth-order valence-corrected chi connectivity index (χ4v) is 4.22. The van der Waals surface area contributed by atoms with E-state index >= 15 is 0 Å². The molecule has 0 bridgehead atoms. The summed E-state index contributed by atoms with van der Waals surface area (Å²) >= 11 is 8.58. The standard InChI is InChI=1S/C21H14AsClFN7O/c1-10(27-18-16-17(26-9-25-16)29-21(22)30-18)19-28-14-7-3-6-13(23)15(14)20(32)31(19)12-5-2-4-11(24)8-12/h2-10H,1H3,(H2,25,26,27,29,30)/t10-/m0/s1. The van der Waals surface area contributed by atoms with Gasteiger partial charge in [-0.3, -0.25) is 0 Å². The number of halogens is 2. The van der Waals surface area contributed by atoms with E-state index < -0.39 is 17.4 Å². The molecule has 8 nitrogen and oxygen atoms in total. The van der Waals surface area contributed by atoms with Gasteiger partial charge in [-0.15, -0.1) is 0 Å². The number of anilines is 1. The van der Waals surface area contributed by atoms with Crippen molar-refractivity contribution < 1.29 is 4.39 Å². The van der Waals surface area contributed by atoms with Crippen molar-refractivity contribution in [2.24, 2.45) is 0 Å². The first kappa shape index (κ1) is 20.6. The molecule has 0 saturated heterocycles. The predicted molar refractivity (Wildman–Crippen MR) is 121 cm³/mol. The second-order valence-electron chi connectivity index (χ2n) is 7.06. The molecule has 11 heteroatoms. The molecule has 5 rings (SSSR count). The Morgan fingerprint density at radius 2 is 2.00 bits per heavy atom. The summed E-state index contributed by atoms with van der Waals surface area (Å²) in [5.41, 5.74) is 1.52. The zero-order chi connectivity index (χ0) is 22.4. The van der Waals surface area contributed by atoms with Crippen molar-refractivity contribution in [3.05, 3.63) is 75.8 Å². The van der Waals surface area contributed by atoms with Crippen LogP contribution in [-0.2, 0) is 0 Å². The maximum absolute atomic E-state index is 14.0. The minimum atomic E-state index is -0.498. The van der Waals surface area contributed by atoms with Crippen molar-refractivity contribution >= 4 is 61.0 Å². The average molecular weight is 510 g/mol. The number of imidazole rings is 1. The number of nitrogens with one attached hydrogen (secondary N) is 2. The van der Waals surface area contributed by atoms with Gasteiger partial charge in [0.2, 0.25) is 0 Å². The Balaban J connectivity index is 1.72. The Morgan fingerprint density at radius 1 is 1.19 bits per heavy atom. The van der Waals surface area contributed by atoms with E-state index in [-0.39, 0.29) is 10.4 Å². The van der Waals surface area contributed by atoms with Gasteiger partial charge in [0.25, 0.3) is 0 Å². The number of rotatable bonds is 4. The third-order valence-electron chi connectivity index (χ3n) is 4.95. The molecule has 2 radical (unpaired) electrons. The van der Waals surface area contributed by atoms with Crippen molar-refractivity contribution in [3.63, 3.8) is 0 Å². The van der Waals surface area contributed by atoms with E-state index in [4.69, 9.17) is 16.6 Å². The average Bonchev–Trinajstić information content (AvgIpc) is 3.22. The predicted octanol–water partition coefficient (Wildman–Crippen LogP) is 2.81. The van der Waals surface area contributed by atoms with Crippen LogP contribution in [0, 0.1) is 5.82 Å². The SMILES string of the molecule is C[C@H](Nc1nc([As])nc2nc[nH]c12)c1nc2cccc(Cl)c2c(=O)n1-c1cccc(F)c1. The summed E-state index contributed by atoms with van der Waals surface area (Å²) in [4.78, 5) is 34.1. The van der Waals surface area contributed by atoms with Crippen molar-refractivity contribution in [3.8, 4) is 5.69 Å². The molecule has 3 heterocycles. The summed E-state index contributed by atoms with van der Waals surface area (Å²) in [6, 6.07) is 10.3. The van der Waals surface area contributed by atoms with Crippen molar-refractivity contribution in [2.45, 2.75) is 13.0 Å². The summed E-state index contributed by atoms with van der Waals surface area (Å²) in [5, 5.41) is 3.82. The van der Waals surface area contributed by atoms with E-state index in [0.29, 0.717) is 38.6 Å². The molecule has 0 spiro atoms. The van der Waals surface area contributed by atoms with Crippen LogP contribution in [0.1, 0.15) is 18.8 Å². The summed E-state index contributed by atoms with van der Waals surface area (Å²) in [7, 11) is 0. The van der Waals surface area contributed by atoms with Gasteiger partial charge in [-0.05, 0) is 0 Å². The van der Waals surface area contributed by atoms with Crippen LogP contribution < -0.4 is 15.5 Å². The van der Waals surface area contributed by atoms with Gasteiger partial charge in [0, 0.05) is 0 Å². The number of hydrogen-bond acceptors (Lipinski definition) is 6. The Kier molecular flexibility index (Phi) is 5.15. The van der Waals surface area contributed by atoms with E-state index in [1.54, 1.807) is 24.3 Å². The van der Waals surface area contributed by atoms with Crippen LogP contribution in [0.2, 0.25) is 5.02 Å². The molecule has 0 unspecified atom stereocenters. The van der Waals surface area contributed by atoms with Gasteiger partial charge < -0.3 is 0 Å². The number of aromatic amines is 1. The van der Waals surface area contributed by atoms with Crippen LogP contribution in [-0.4, -0.2) is 46.3 Å². The molecule has 0 aliphatic rings. The zero-order valence-electron chi connectivity index (χ0n) is 16.5. The van der Waals surface area contributed by atoms with Gasteiger partial charge >= 0.3 is 195 Å². The van der Waals surface area contributed by atoms with E-state index in [1.165, 1.54) is 29.1 Å². The monoisotopic (exact) mass is 509 g/mol. The second-order valence-corrected chi connectivity index (χ2v) is 8.31. The molecule has 1 atom stereocenters. The molecular formula is C21H14AsClFN7O. The van der Waals surface area contributed by atoms with Crippen LogP contribution in [0.25, 0.3) is 27.8 Å². The van der Waals surface area contributed by atoms with E-state index in [2.05, 4.69) is 42.1 Å². The van der Waals surface area contributed by atoms with Crippen LogP contribution >= 0.6 is 11.6 Å². The molecule has 3 aromatic heterocycles. The van der Waals surface area contributed by atoms with E-state index in [9.17, 15) is 9.18 Å². The van der Waals surface area contributed by atoms with Crippen molar-refractivity contribution in [1.82, 2.24) is 29.5 Å². The molecule has 2 N–H and O–H groups in total. The molecule has 0 aliphatic heterocycles. The topological polar surface area (TPSA) is 101 Å². The normalized spacial score (nSPS) is 12.4. The van der Waals surface area contributed by atoms with Crippen LogP contribution in [0.3, 0.4) is 0 Å². The van der Waals surface area contributed by atoms with Gasteiger partial charge in [-0.2, -0.15) is 0 Å². The molecular weight excluding hydrogens is 496 g/mol. The van der Waals surface area contributed by atoms with Crippen molar-refractivity contribution in [2.75, 3.05) is 5.32 Å². The van der Waals surface area contributed by atoms with Crippen LogP contribution in [0.5, 0.6) is 0 Å². The maximum atomic E-state index is 14.0. The number of benzene rings is 2. The summed E-state index contributed by atoms with van der Waals surface area (Å²) in [6.45, 7) is 1.84. The Morgan fingerprint density at radius 3 is 2.81 bits per heavy atom. The Bertz CT molecular complexity index is 1550. The summed E-state index contributed by atoms with van der Waals surface area (Å²) in [6.07, 6.45) is 1.53. The number of aromatic nitrogens is 6. The molecule has 32 heavy (non-hydrogen) atoms. The van der Waals surface area contributed by atoms with Gasteiger partial charge in [0.15, 0.2) is 0 Å². The molecule has 0 aliphatic carbocycles. The molecule has 0 amide bonds. The number of H-pyrrole nitrogens is 1. The fourth-order valence-electron chi connectivity index (χ4n) is 3.56. The van der Waals surface area contributed by atoms with Gasteiger partial charge in [0.1, 0.15) is 0 Å². The molecule has 5 aromatic rings. The van der Waals surface area contributed by atoms with Gasteiger partial charge in [-0.1, -0.05) is 0 Å².